The zero-order valence-electron chi connectivity index (χ0n) is 11.7. The van der Waals surface area contributed by atoms with Gasteiger partial charge in [0.1, 0.15) is 5.56 Å². The Labute approximate surface area is 113 Å². The van der Waals surface area contributed by atoms with Gasteiger partial charge in [-0.15, -0.1) is 0 Å². The fourth-order valence-corrected chi connectivity index (χ4v) is 2.09. The maximum Gasteiger partial charge on any atom is 0.341 e. The average molecular weight is 258 g/mol. The van der Waals surface area contributed by atoms with Crippen LogP contribution in [0, 0.1) is 0 Å². The molecule has 0 fully saturated rings. The lowest BCUT2D eigenvalue weighted by atomic mass is 9.89. The Morgan fingerprint density at radius 2 is 1.84 bits per heavy atom. The molecule has 0 radical (unpaired) electrons. The van der Waals surface area contributed by atoms with Gasteiger partial charge >= 0.3 is 5.97 Å². The molecule has 2 aromatic rings. The summed E-state index contributed by atoms with van der Waals surface area (Å²) in [7, 11) is 1.38. The normalized spacial score (nSPS) is 11.4. The van der Waals surface area contributed by atoms with Crippen LogP contribution in [0.5, 0.6) is 0 Å². The van der Waals surface area contributed by atoms with E-state index in [2.05, 4.69) is 25.9 Å². The summed E-state index contributed by atoms with van der Waals surface area (Å²) in [6.07, 6.45) is 1.57. The first-order chi connectivity index (χ1) is 8.95. The molecular weight excluding hydrogens is 240 g/mol. The number of aromatic nitrogens is 2. The Hall–Kier alpha value is -2.10. The van der Waals surface area contributed by atoms with Gasteiger partial charge in [-0.1, -0.05) is 39.0 Å². The van der Waals surface area contributed by atoms with E-state index in [-0.39, 0.29) is 11.4 Å². The Balaban J connectivity index is 2.64. The van der Waals surface area contributed by atoms with Crippen LogP contribution in [0.2, 0.25) is 0 Å². The number of benzene rings is 1. The van der Waals surface area contributed by atoms with Gasteiger partial charge < -0.3 is 4.74 Å². The van der Waals surface area contributed by atoms with E-state index in [4.69, 9.17) is 4.74 Å². The predicted octanol–water partition coefficient (Wildman–Crippen LogP) is 2.96. The second-order valence-corrected chi connectivity index (χ2v) is 5.40. The Morgan fingerprint density at radius 3 is 2.37 bits per heavy atom. The number of carbonyl (C=O) groups is 1. The number of esters is 1. The Kier molecular flexibility index (Phi) is 3.42. The van der Waals surface area contributed by atoms with Gasteiger partial charge in [0, 0.05) is 5.41 Å². The van der Waals surface area contributed by atoms with Crippen molar-refractivity contribution < 1.29 is 9.53 Å². The van der Waals surface area contributed by atoms with Crippen molar-refractivity contribution in [2.24, 2.45) is 0 Å². The van der Waals surface area contributed by atoms with Crippen molar-refractivity contribution in [1.29, 1.82) is 0 Å². The minimum Gasteiger partial charge on any atom is -0.465 e. The first kappa shape index (κ1) is 13.3. The van der Waals surface area contributed by atoms with Crippen molar-refractivity contribution in [2.45, 2.75) is 26.2 Å². The van der Waals surface area contributed by atoms with Crippen LogP contribution < -0.4 is 0 Å². The number of carbonyl (C=O) groups excluding carboxylic acids is 1. The lowest BCUT2D eigenvalue weighted by molar-refractivity contribution is 0.0598. The summed E-state index contributed by atoms with van der Waals surface area (Å²) in [5.41, 5.74) is 2.09. The van der Waals surface area contributed by atoms with E-state index < -0.39 is 0 Å². The molecule has 0 atom stereocenters. The van der Waals surface area contributed by atoms with E-state index >= 15 is 0 Å². The first-order valence-electron chi connectivity index (χ1n) is 6.17. The molecule has 0 amide bonds. The van der Waals surface area contributed by atoms with Gasteiger partial charge in [-0.3, -0.25) is 0 Å². The second kappa shape index (κ2) is 4.88. The van der Waals surface area contributed by atoms with Gasteiger partial charge in [0.05, 0.1) is 24.7 Å². The first-order valence-corrected chi connectivity index (χ1v) is 6.17. The van der Waals surface area contributed by atoms with E-state index in [1.807, 2.05) is 30.3 Å². The number of hydrogen-bond acceptors (Lipinski definition) is 3. The summed E-state index contributed by atoms with van der Waals surface area (Å²) in [5, 5.41) is 4.34. The number of nitrogens with zero attached hydrogens (tertiary/aromatic N) is 2. The monoisotopic (exact) mass is 258 g/mol. The highest BCUT2D eigenvalue weighted by Crippen LogP contribution is 2.28. The minimum atomic E-state index is -0.355. The van der Waals surface area contributed by atoms with Gasteiger partial charge in [0.2, 0.25) is 0 Å². The second-order valence-electron chi connectivity index (χ2n) is 5.40. The summed E-state index contributed by atoms with van der Waals surface area (Å²) in [4.78, 5) is 11.9. The van der Waals surface area contributed by atoms with Crippen molar-refractivity contribution in [3.63, 3.8) is 0 Å². The number of ether oxygens (including phenoxy) is 1. The highest BCUT2D eigenvalue weighted by molar-refractivity contribution is 5.90. The molecule has 1 aromatic carbocycles. The maximum atomic E-state index is 11.9. The Bertz CT molecular complexity index is 580. The van der Waals surface area contributed by atoms with Crippen LogP contribution in [0.15, 0.2) is 36.5 Å². The quantitative estimate of drug-likeness (QED) is 0.778. The van der Waals surface area contributed by atoms with Crippen LogP contribution in [-0.2, 0) is 10.2 Å². The largest absolute Gasteiger partial charge is 0.465 e. The predicted molar refractivity (Wildman–Crippen MR) is 73.6 cm³/mol. The van der Waals surface area contributed by atoms with Gasteiger partial charge in [0.15, 0.2) is 0 Å². The van der Waals surface area contributed by atoms with Gasteiger partial charge in [-0.25, -0.2) is 9.48 Å². The van der Waals surface area contributed by atoms with Crippen molar-refractivity contribution in [2.75, 3.05) is 7.11 Å². The third-order valence-electron chi connectivity index (χ3n) is 2.89. The smallest absolute Gasteiger partial charge is 0.341 e. The average Bonchev–Trinajstić information content (AvgIpc) is 2.83. The van der Waals surface area contributed by atoms with Gasteiger partial charge in [0.25, 0.3) is 0 Å². The summed E-state index contributed by atoms with van der Waals surface area (Å²) in [6.45, 7) is 6.15. The van der Waals surface area contributed by atoms with Crippen LogP contribution in [0.25, 0.3) is 5.69 Å². The van der Waals surface area contributed by atoms with Crippen LogP contribution in [0.3, 0.4) is 0 Å². The molecule has 4 nitrogen and oxygen atoms in total. The number of hydrogen-bond donors (Lipinski definition) is 0. The lowest BCUT2D eigenvalue weighted by Crippen LogP contribution is -2.21. The molecule has 0 bridgehead atoms. The molecule has 0 N–H and O–H groups in total. The van der Waals surface area contributed by atoms with E-state index in [9.17, 15) is 4.79 Å². The van der Waals surface area contributed by atoms with Gasteiger partial charge in [-0.05, 0) is 12.1 Å². The summed E-state index contributed by atoms with van der Waals surface area (Å²) < 4.78 is 6.63. The SMILES string of the molecule is COC(=O)c1cnn(-c2ccccc2)c1C(C)(C)C. The minimum absolute atomic E-state index is 0.212. The van der Waals surface area contributed by atoms with E-state index in [0.717, 1.165) is 11.4 Å². The lowest BCUT2D eigenvalue weighted by Gasteiger charge is -2.21. The molecule has 0 aliphatic heterocycles. The van der Waals surface area contributed by atoms with E-state index in [1.165, 1.54) is 7.11 Å². The van der Waals surface area contributed by atoms with Crippen molar-refractivity contribution in [1.82, 2.24) is 9.78 Å². The molecule has 4 heteroatoms. The van der Waals surface area contributed by atoms with Crippen LogP contribution in [0.1, 0.15) is 36.8 Å². The number of para-hydroxylation sites is 1. The van der Waals surface area contributed by atoms with E-state index in [1.54, 1.807) is 10.9 Å². The summed E-state index contributed by atoms with van der Waals surface area (Å²) in [5.74, 6) is -0.355. The fraction of sp³-hybridized carbons (Fsp3) is 0.333. The molecule has 1 heterocycles. The molecular formula is C15H18N2O2. The molecule has 0 aliphatic rings. The molecule has 0 saturated heterocycles. The van der Waals surface area contributed by atoms with Crippen LogP contribution in [-0.4, -0.2) is 22.9 Å². The molecule has 2 rings (SSSR count). The summed E-state index contributed by atoms with van der Waals surface area (Å²) in [6, 6.07) is 9.76. The van der Waals surface area contributed by atoms with Crippen molar-refractivity contribution >= 4 is 5.97 Å². The molecule has 0 spiro atoms. The number of rotatable bonds is 2. The van der Waals surface area contributed by atoms with Crippen LogP contribution >= 0.6 is 0 Å². The zero-order chi connectivity index (χ0) is 14.0. The molecule has 1 aromatic heterocycles. The summed E-state index contributed by atoms with van der Waals surface area (Å²) >= 11 is 0. The fourth-order valence-electron chi connectivity index (χ4n) is 2.09. The molecule has 0 aliphatic carbocycles. The standard InChI is InChI=1S/C15H18N2O2/c1-15(2,3)13-12(14(18)19-4)10-16-17(13)11-8-6-5-7-9-11/h5-10H,1-4H3. The third kappa shape index (κ3) is 2.52. The topological polar surface area (TPSA) is 44.1 Å². The van der Waals surface area contributed by atoms with E-state index in [0.29, 0.717) is 5.56 Å². The van der Waals surface area contributed by atoms with Crippen molar-refractivity contribution in [3.05, 3.63) is 47.8 Å². The number of methoxy groups -OCH3 is 1. The molecule has 0 saturated carbocycles. The molecule has 100 valence electrons. The molecule has 0 unspecified atom stereocenters. The highest BCUT2D eigenvalue weighted by atomic mass is 16.5. The zero-order valence-corrected chi connectivity index (χ0v) is 11.7. The third-order valence-corrected chi connectivity index (χ3v) is 2.89. The van der Waals surface area contributed by atoms with Crippen molar-refractivity contribution in [3.8, 4) is 5.69 Å². The maximum absolute atomic E-state index is 11.9. The van der Waals surface area contributed by atoms with Crippen LogP contribution in [0.4, 0.5) is 0 Å². The van der Waals surface area contributed by atoms with Gasteiger partial charge in [-0.2, -0.15) is 5.10 Å². The highest BCUT2D eigenvalue weighted by Gasteiger charge is 2.28. The Morgan fingerprint density at radius 1 is 1.21 bits per heavy atom. The molecule has 19 heavy (non-hydrogen) atoms.